The predicted octanol–water partition coefficient (Wildman–Crippen LogP) is -1.21. The van der Waals surface area contributed by atoms with Gasteiger partial charge in [0.25, 0.3) is 0 Å². The van der Waals surface area contributed by atoms with Gasteiger partial charge < -0.3 is 22.1 Å². The topological polar surface area (TPSA) is 141 Å². The minimum absolute atomic E-state index is 0.162. The second kappa shape index (κ2) is 6.53. The van der Waals surface area contributed by atoms with Crippen molar-refractivity contribution in [2.24, 2.45) is 11.5 Å². The molecule has 0 spiro atoms. The van der Waals surface area contributed by atoms with Gasteiger partial charge in [0, 0.05) is 12.5 Å². The quantitative estimate of drug-likeness (QED) is 0.565. The van der Waals surface area contributed by atoms with E-state index >= 15 is 0 Å². The maximum Gasteiger partial charge on any atom is 0.237 e. The van der Waals surface area contributed by atoms with Crippen molar-refractivity contribution >= 4 is 23.5 Å². The number of anilines is 2. The molecule has 0 atom stereocenters. The molecule has 0 aromatic carbocycles. The van der Waals surface area contributed by atoms with Crippen LogP contribution in [0.1, 0.15) is 19.2 Å². The van der Waals surface area contributed by atoms with Gasteiger partial charge >= 0.3 is 0 Å². The number of aryl methyl sites for hydroxylation is 1. The highest BCUT2D eigenvalue weighted by molar-refractivity contribution is 5.84. The lowest BCUT2D eigenvalue weighted by atomic mass is 10.3. The zero-order valence-corrected chi connectivity index (χ0v) is 10.8. The van der Waals surface area contributed by atoms with E-state index in [1.807, 2.05) is 6.92 Å². The number of nitrogens with two attached hydrogens (primary N) is 3. The molecule has 0 bridgehead atoms. The van der Waals surface area contributed by atoms with E-state index in [0.717, 1.165) is 6.42 Å². The average molecular weight is 266 g/mol. The second-order valence-corrected chi connectivity index (χ2v) is 4.11. The first-order valence-corrected chi connectivity index (χ1v) is 5.87. The molecule has 0 aliphatic rings. The Morgan fingerprint density at radius 3 is 2.26 bits per heavy atom. The lowest BCUT2D eigenvalue weighted by molar-refractivity contribution is -0.117. The van der Waals surface area contributed by atoms with Gasteiger partial charge in [-0.25, -0.2) is 9.97 Å². The SMILES string of the molecule is CCCc1nc(N)cc(N(CC(N)=O)CC(N)=O)n1. The summed E-state index contributed by atoms with van der Waals surface area (Å²) >= 11 is 0. The molecular weight excluding hydrogens is 248 g/mol. The van der Waals surface area contributed by atoms with Crippen LogP contribution in [0.4, 0.5) is 11.6 Å². The van der Waals surface area contributed by atoms with Gasteiger partial charge in [0.1, 0.15) is 17.5 Å². The van der Waals surface area contributed by atoms with Crippen LogP contribution < -0.4 is 22.1 Å². The lowest BCUT2D eigenvalue weighted by Gasteiger charge is -2.21. The predicted molar refractivity (Wildman–Crippen MR) is 71.0 cm³/mol. The molecule has 8 nitrogen and oxygen atoms in total. The lowest BCUT2D eigenvalue weighted by Crippen LogP contribution is -2.40. The van der Waals surface area contributed by atoms with Gasteiger partial charge in [0.05, 0.1) is 13.1 Å². The van der Waals surface area contributed by atoms with Gasteiger partial charge in [0.15, 0.2) is 0 Å². The minimum Gasteiger partial charge on any atom is -0.384 e. The van der Waals surface area contributed by atoms with E-state index in [0.29, 0.717) is 18.1 Å². The number of rotatable bonds is 7. The highest BCUT2D eigenvalue weighted by atomic mass is 16.2. The molecule has 2 amide bonds. The Bertz CT molecular complexity index is 460. The van der Waals surface area contributed by atoms with Crippen LogP contribution in [0.15, 0.2) is 6.07 Å². The van der Waals surface area contributed by atoms with Gasteiger partial charge in [-0.05, 0) is 6.42 Å². The molecule has 0 radical (unpaired) electrons. The molecule has 1 heterocycles. The van der Waals surface area contributed by atoms with E-state index in [1.165, 1.54) is 11.0 Å². The number of primary amides is 2. The molecule has 1 aromatic heterocycles. The van der Waals surface area contributed by atoms with Crippen LogP contribution in [0.5, 0.6) is 0 Å². The molecule has 0 aliphatic carbocycles. The summed E-state index contributed by atoms with van der Waals surface area (Å²) in [5.74, 6) is 0.0170. The second-order valence-electron chi connectivity index (χ2n) is 4.11. The summed E-state index contributed by atoms with van der Waals surface area (Å²) in [6.07, 6.45) is 1.51. The van der Waals surface area contributed by atoms with Gasteiger partial charge in [0.2, 0.25) is 11.8 Å². The van der Waals surface area contributed by atoms with Crippen molar-refractivity contribution in [2.75, 3.05) is 23.7 Å². The Morgan fingerprint density at radius 2 is 1.79 bits per heavy atom. The van der Waals surface area contributed by atoms with E-state index in [4.69, 9.17) is 17.2 Å². The first-order chi connectivity index (χ1) is 8.92. The molecule has 0 fully saturated rings. The van der Waals surface area contributed by atoms with E-state index in [9.17, 15) is 9.59 Å². The number of nitrogens with zero attached hydrogens (tertiary/aromatic N) is 3. The maximum atomic E-state index is 11.0. The number of aromatic nitrogens is 2. The molecule has 8 heteroatoms. The molecule has 6 N–H and O–H groups in total. The Balaban J connectivity index is 3.05. The van der Waals surface area contributed by atoms with Gasteiger partial charge in [-0.2, -0.15) is 0 Å². The Kier molecular flexibility index (Phi) is 5.04. The van der Waals surface area contributed by atoms with Crippen molar-refractivity contribution in [3.63, 3.8) is 0 Å². The Morgan fingerprint density at radius 1 is 1.21 bits per heavy atom. The van der Waals surface area contributed by atoms with Crippen molar-refractivity contribution in [3.8, 4) is 0 Å². The Hall–Kier alpha value is -2.38. The van der Waals surface area contributed by atoms with Crippen molar-refractivity contribution in [3.05, 3.63) is 11.9 Å². The van der Waals surface area contributed by atoms with Gasteiger partial charge in [-0.15, -0.1) is 0 Å². The van der Waals surface area contributed by atoms with E-state index in [1.54, 1.807) is 0 Å². The smallest absolute Gasteiger partial charge is 0.237 e. The van der Waals surface area contributed by atoms with Gasteiger partial charge in [-0.3, -0.25) is 9.59 Å². The van der Waals surface area contributed by atoms with Crippen LogP contribution in [0, 0.1) is 0 Å². The summed E-state index contributed by atoms with van der Waals surface area (Å²) in [5, 5.41) is 0. The van der Waals surface area contributed by atoms with Crippen LogP contribution in [0.25, 0.3) is 0 Å². The molecule has 104 valence electrons. The number of hydrogen-bond acceptors (Lipinski definition) is 6. The highest BCUT2D eigenvalue weighted by Crippen LogP contribution is 2.14. The zero-order chi connectivity index (χ0) is 14.4. The fraction of sp³-hybridized carbons (Fsp3) is 0.455. The summed E-state index contributed by atoms with van der Waals surface area (Å²) in [7, 11) is 0. The maximum absolute atomic E-state index is 11.0. The third-order valence-electron chi connectivity index (χ3n) is 2.27. The van der Waals surface area contributed by atoms with Crippen LogP contribution in [-0.4, -0.2) is 34.9 Å². The minimum atomic E-state index is -0.588. The molecular formula is C11H18N6O2. The van der Waals surface area contributed by atoms with Crippen molar-refractivity contribution in [2.45, 2.75) is 19.8 Å². The number of amides is 2. The highest BCUT2D eigenvalue weighted by Gasteiger charge is 2.15. The van der Waals surface area contributed by atoms with Crippen LogP contribution in [0.2, 0.25) is 0 Å². The van der Waals surface area contributed by atoms with Crippen molar-refractivity contribution in [1.82, 2.24) is 9.97 Å². The summed E-state index contributed by atoms with van der Waals surface area (Å²) < 4.78 is 0. The molecule has 19 heavy (non-hydrogen) atoms. The third-order valence-corrected chi connectivity index (χ3v) is 2.27. The van der Waals surface area contributed by atoms with Crippen molar-refractivity contribution in [1.29, 1.82) is 0 Å². The van der Waals surface area contributed by atoms with E-state index in [-0.39, 0.29) is 18.9 Å². The number of carbonyl (C=O) groups is 2. The number of carbonyl (C=O) groups excluding carboxylic acids is 2. The largest absolute Gasteiger partial charge is 0.384 e. The summed E-state index contributed by atoms with van der Waals surface area (Å²) in [5.41, 5.74) is 15.9. The average Bonchev–Trinajstić information content (AvgIpc) is 2.26. The molecule has 0 saturated carbocycles. The normalized spacial score (nSPS) is 10.2. The molecule has 0 aliphatic heterocycles. The zero-order valence-electron chi connectivity index (χ0n) is 10.8. The monoisotopic (exact) mass is 266 g/mol. The van der Waals surface area contributed by atoms with Crippen molar-refractivity contribution < 1.29 is 9.59 Å². The van der Waals surface area contributed by atoms with Crippen LogP contribution in [0.3, 0.4) is 0 Å². The standard InChI is InChI=1S/C11H18N6O2/c1-2-3-10-15-7(12)4-11(16-10)17(5-8(13)18)6-9(14)19/h4H,2-3,5-6H2,1H3,(H2,13,18)(H2,14,19)(H2,12,15,16). The van der Waals surface area contributed by atoms with E-state index < -0.39 is 11.8 Å². The summed E-state index contributed by atoms with van der Waals surface area (Å²) in [6, 6.07) is 1.48. The molecule has 0 unspecified atom stereocenters. The summed E-state index contributed by atoms with van der Waals surface area (Å²) in [4.78, 5) is 31.7. The first-order valence-electron chi connectivity index (χ1n) is 5.87. The Labute approximate surface area is 111 Å². The first kappa shape index (κ1) is 14.7. The summed E-state index contributed by atoms with van der Waals surface area (Å²) in [6.45, 7) is 1.66. The van der Waals surface area contributed by atoms with Crippen LogP contribution >= 0.6 is 0 Å². The molecule has 1 aromatic rings. The third kappa shape index (κ3) is 4.78. The fourth-order valence-corrected chi connectivity index (χ4v) is 1.59. The molecule has 0 saturated heterocycles. The van der Waals surface area contributed by atoms with Gasteiger partial charge in [-0.1, -0.05) is 6.92 Å². The van der Waals surface area contributed by atoms with Crippen LogP contribution in [-0.2, 0) is 16.0 Å². The molecule has 1 rings (SSSR count). The number of nitrogen functional groups attached to an aromatic ring is 1. The number of hydrogen-bond donors (Lipinski definition) is 3. The van der Waals surface area contributed by atoms with E-state index in [2.05, 4.69) is 9.97 Å². The fourth-order valence-electron chi connectivity index (χ4n) is 1.59.